The number of hydrogen-bond acceptors (Lipinski definition) is 2. The number of carbonyl (C=O) groups is 2. The molecule has 0 aromatic heterocycles. The minimum atomic E-state index is -0.414. The van der Waals surface area contributed by atoms with Crippen LogP contribution >= 0.6 is 0 Å². The summed E-state index contributed by atoms with van der Waals surface area (Å²) >= 11 is 0. The van der Waals surface area contributed by atoms with Crippen LogP contribution in [0.15, 0.2) is 30.3 Å². The Morgan fingerprint density at radius 2 is 1.76 bits per heavy atom. The van der Waals surface area contributed by atoms with Crippen LogP contribution in [0.2, 0.25) is 0 Å². The molecule has 1 fully saturated rings. The van der Waals surface area contributed by atoms with Gasteiger partial charge in [0.2, 0.25) is 0 Å². The van der Waals surface area contributed by atoms with Gasteiger partial charge in [-0.2, -0.15) is 0 Å². The number of quaternary nitrogens is 1. The summed E-state index contributed by atoms with van der Waals surface area (Å²) in [6.45, 7) is 9.54. The predicted molar refractivity (Wildman–Crippen MR) is 99.5 cm³/mol. The predicted octanol–water partition coefficient (Wildman–Crippen LogP) is 1.54. The zero-order valence-electron chi connectivity index (χ0n) is 15.9. The van der Waals surface area contributed by atoms with Crippen molar-refractivity contribution < 1.29 is 14.5 Å². The normalized spacial score (nSPS) is 22.1. The maximum atomic E-state index is 12.3. The fraction of sp³-hybridized carbons (Fsp3) is 0.600. The van der Waals surface area contributed by atoms with Gasteiger partial charge in [0.25, 0.3) is 5.91 Å². The number of amides is 3. The Balaban J connectivity index is 1.77. The van der Waals surface area contributed by atoms with Crippen molar-refractivity contribution >= 4 is 11.9 Å². The van der Waals surface area contributed by atoms with Gasteiger partial charge in [0.05, 0.1) is 13.1 Å². The first kappa shape index (κ1) is 19.4. The molecule has 0 radical (unpaired) electrons. The maximum Gasteiger partial charge on any atom is 0.322 e. The Bertz CT molecular complexity index is 572. The third-order valence-corrected chi connectivity index (χ3v) is 4.85. The second-order valence-corrected chi connectivity index (χ2v) is 8.21. The van der Waals surface area contributed by atoms with Crippen molar-refractivity contribution in [2.45, 2.75) is 58.5 Å². The van der Waals surface area contributed by atoms with Crippen molar-refractivity contribution in [2.75, 3.05) is 13.1 Å². The molecule has 3 N–H and O–H groups in total. The van der Waals surface area contributed by atoms with Gasteiger partial charge in [0, 0.05) is 5.54 Å². The second-order valence-electron chi connectivity index (χ2n) is 8.21. The summed E-state index contributed by atoms with van der Waals surface area (Å²) in [6, 6.07) is 9.97. The van der Waals surface area contributed by atoms with E-state index >= 15 is 0 Å². The molecule has 1 heterocycles. The Kier molecular flexibility index (Phi) is 6.59. The van der Waals surface area contributed by atoms with E-state index in [9.17, 15) is 9.59 Å². The van der Waals surface area contributed by atoms with Gasteiger partial charge in [-0.25, -0.2) is 4.79 Å². The summed E-state index contributed by atoms with van der Waals surface area (Å²) < 4.78 is 0. The Morgan fingerprint density at radius 3 is 2.32 bits per heavy atom. The van der Waals surface area contributed by atoms with Gasteiger partial charge in [-0.1, -0.05) is 30.3 Å². The van der Waals surface area contributed by atoms with E-state index in [4.69, 9.17) is 0 Å². The van der Waals surface area contributed by atoms with Gasteiger partial charge < -0.3 is 10.2 Å². The molecule has 25 heavy (non-hydrogen) atoms. The van der Waals surface area contributed by atoms with Crippen LogP contribution in [0.1, 0.15) is 46.1 Å². The molecule has 138 valence electrons. The van der Waals surface area contributed by atoms with Crippen molar-refractivity contribution in [2.24, 2.45) is 5.92 Å². The van der Waals surface area contributed by atoms with E-state index in [2.05, 4.69) is 34.9 Å². The smallest absolute Gasteiger partial charge is 0.322 e. The molecule has 1 saturated heterocycles. The van der Waals surface area contributed by atoms with Crippen molar-refractivity contribution in [1.29, 1.82) is 0 Å². The minimum Gasteiger partial charge on any atom is -0.333 e. The molecule has 1 aliphatic heterocycles. The molecule has 3 amide bonds. The molecule has 0 spiro atoms. The lowest BCUT2D eigenvalue weighted by atomic mass is 9.89. The number of carbonyl (C=O) groups excluding carboxylic acids is 2. The topological polar surface area (TPSA) is 62.6 Å². The molecule has 2 rings (SSSR count). The summed E-state index contributed by atoms with van der Waals surface area (Å²) in [5.74, 6) is 0.490. The SMILES string of the molecule is C[C@H](C(=O)NC(=O)NC(C)(C)C)[NH+]1CCC(Cc2ccccc2)CC1. The highest BCUT2D eigenvalue weighted by atomic mass is 16.2. The molecule has 5 nitrogen and oxygen atoms in total. The van der Waals surface area contributed by atoms with Gasteiger partial charge >= 0.3 is 6.03 Å². The Morgan fingerprint density at radius 1 is 1.16 bits per heavy atom. The Hall–Kier alpha value is -1.88. The van der Waals surface area contributed by atoms with Crippen LogP contribution in [0.3, 0.4) is 0 Å². The monoisotopic (exact) mass is 346 g/mol. The minimum absolute atomic E-state index is 0.196. The fourth-order valence-electron chi connectivity index (χ4n) is 3.41. The number of benzene rings is 1. The highest BCUT2D eigenvalue weighted by Gasteiger charge is 2.31. The van der Waals surface area contributed by atoms with Gasteiger partial charge in [0.15, 0.2) is 6.04 Å². The van der Waals surface area contributed by atoms with E-state index < -0.39 is 6.03 Å². The zero-order valence-corrected chi connectivity index (χ0v) is 15.9. The zero-order chi connectivity index (χ0) is 18.4. The van der Waals surface area contributed by atoms with E-state index in [0.29, 0.717) is 5.92 Å². The van der Waals surface area contributed by atoms with E-state index in [1.807, 2.05) is 33.8 Å². The largest absolute Gasteiger partial charge is 0.333 e. The summed E-state index contributed by atoms with van der Waals surface area (Å²) in [5, 5.41) is 5.24. The molecule has 1 aliphatic rings. The number of piperidine rings is 1. The van der Waals surface area contributed by atoms with Crippen LogP contribution in [0, 0.1) is 5.92 Å². The standard InChI is InChI=1S/C20H31N3O2/c1-15(18(24)21-19(25)22-20(2,3)4)23-12-10-17(11-13-23)14-16-8-6-5-7-9-16/h5-9,15,17H,10-14H2,1-4H3,(H2,21,22,24,25)/p+1/t15-/m1/s1. The van der Waals surface area contributed by atoms with Crippen LogP contribution in [-0.4, -0.2) is 36.6 Å². The van der Waals surface area contributed by atoms with E-state index in [-0.39, 0.29) is 17.5 Å². The average Bonchev–Trinajstić information content (AvgIpc) is 2.54. The molecule has 5 heteroatoms. The van der Waals surface area contributed by atoms with E-state index in [0.717, 1.165) is 32.4 Å². The van der Waals surface area contributed by atoms with E-state index in [1.54, 1.807) is 0 Å². The highest BCUT2D eigenvalue weighted by molar-refractivity contribution is 5.96. The molecular weight excluding hydrogens is 314 g/mol. The maximum absolute atomic E-state index is 12.3. The summed E-state index contributed by atoms with van der Waals surface area (Å²) in [4.78, 5) is 25.4. The third-order valence-electron chi connectivity index (χ3n) is 4.85. The van der Waals surface area contributed by atoms with Crippen LogP contribution in [0.25, 0.3) is 0 Å². The van der Waals surface area contributed by atoms with Crippen LogP contribution in [0.4, 0.5) is 4.79 Å². The van der Waals surface area contributed by atoms with Gasteiger partial charge in [-0.05, 0) is 58.4 Å². The number of urea groups is 1. The molecular formula is C20H32N3O2+. The lowest BCUT2D eigenvalue weighted by Crippen LogP contribution is -3.17. The third kappa shape index (κ3) is 6.50. The quantitative estimate of drug-likeness (QED) is 0.774. The summed E-state index contributed by atoms with van der Waals surface area (Å²) in [7, 11) is 0. The number of imide groups is 1. The number of likely N-dealkylation sites (tertiary alicyclic amines) is 1. The van der Waals surface area contributed by atoms with Crippen molar-refractivity contribution in [3.8, 4) is 0 Å². The van der Waals surface area contributed by atoms with Gasteiger partial charge in [0.1, 0.15) is 0 Å². The first-order valence-corrected chi connectivity index (χ1v) is 9.26. The molecule has 0 unspecified atom stereocenters. The first-order valence-electron chi connectivity index (χ1n) is 9.26. The first-order chi connectivity index (χ1) is 11.7. The van der Waals surface area contributed by atoms with Gasteiger partial charge in [-0.3, -0.25) is 10.1 Å². The van der Waals surface area contributed by atoms with Crippen molar-refractivity contribution in [3.05, 3.63) is 35.9 Å². The van der Waals surface area contributed by atoms with Crippen LogP contribution < -0.4 is 15.5 Å². The number of rotatable bonds is 4. The summed E-state index contributed by atoms with van der Waals surface area (Å²) in [5.41, 5.74) is 1.04. The second kappa shape index (κ2) is 8.48. The van der Waals surface area contributed by atoms with Crippen molar-refractivity contribution in [1.82, 2.24) is 10.6 Å². The van der Waals surface area contributed by atoms with E-state index in [1.165, 1.54) is 10.5 Å². The lowest BCUT2D eigenvalue weighted by Gasteiger charge is -2.32. The number of nitrogens with one attached hydrogen (secondary N) is 3. The molecule has 1 atom stereocenters. The van der Waals surface area contributed by atoms with Crippen molar-refractivity contribution in [3.63, 3.8) is 0 Å². The molecule has 0 aliphatic carbocycles. The highest BCUT2D eigenvalue weighted by Crippen LogP contribution is 2.16. The lowest BCUT2D eigenvalue weighted by molar-refractivity contribution is -0.920. The number of hydrogen-bond donors (Lipinski definition) is 3. The molecule has 0 bridgehead atoms. The fourth-order valence-corrected chi connectivity index (χ4v) is 3.41. The molecule has 1 aromatic carbocycles. The molecule has 0 saturated carbocycles. The average molecular weight is 346 g/mol. The van der Waals surface area contributed by atoms with Gasteiger partial charge in [-0.15, -0.1) is 0 Å². The van der Waals surface area contributed by atoms with Crippen LogP contribution in [0.5, 0.6) is 0 Å². The summed E-state index contributed by atoms with van der Waals surface area (Å²) in [6.07, 6.45) is 3.36. The Labute approximate surface area is 151 Å². The van der Waals surface area contributed by atoms with Crippen LogP contribution in [-0.2, 0) is 11.2 Å². The molecule has 1 aromatic rings.